The number of nitrogens with one attached hydrogen (secondary N) is 1. The number of rotatable bonds is 2. The van der Waals surface area contributed by atoms with E-state index in [2.05, 4.69) is 29.2 Å². The van der Waals surface area contributed by atoms with Gasteiger partial charge in [0.2, 0.25) is 0 Å². The van der Waals surface area contributed by atoms with Crippen LogP contribution in [0.2, 0.25) is 0 Å². The number of amides is 1. The van der Waals surface area contributed by atoms with Gasteiger partial charge in [0.15, 0.2) is 0 Å². The summed E-state index contributed by atoms with van der Waals surface area (Å²) < 4.78 is 5.52. The van der Waals surface area contributed by atoms with Gasteiger partial charge in [0.05, 0.1) is 0 Å². The molecule has 2 fully saturated rings. The number of aromatic nitrogens is 1. The fourth-order valence-electron chi connectivity index (χ4n) is 3.51. The quantitative estimate of drug-likeness (QED) is 0.921. The molecule has 1 amide bonds. The van der Waals surface area contributed by atoms with Crippen molar-refractivity contribution in [2.75, 3.05) is 19.7 Å². The zero-order valence-corrected chi connectivity index (χ0v) is 12.0. The molecular weight excluding hydrogens is 264 g/mol. The van der Waals surface area contributed by atoms with Crippen molar-refractivity contribution in [2.45, 2.75) is 31.3 Å². The number of aromatic amines is 1. The Kier molecular flexibility index (Phi) is 3.19. The predicted molar refractivity (Wildman–Crippen MR) is 81.2 cm³/mol. The van der Waals surface area contributed by atoms with Crippen molar-refractivity contribution in [2.24, 2.45) is 0 Å². The monoisotopic (exact) mass is 284 g/mol. The maximum Gasteiger partial charge on any atom is 0.251 e. The second-order valence-electron chi connectivity index (χ2n) is 6.08. The fraction of sp³-hybridized carbons (Fsp3) is 0.471. The fourth-order valence-corrected chi connectivity index (χ4v) is 3.51. The van der Waals surface area contributed by atoms with Crippen molar-refractivity contribution in [1.29, 1.82) is 0 Å². The third kappa shape index (κ3) is 2.33. The number of H-pyrrole nitrogens is 1. The van der Waals surface area contributed by atoms with Crippen LogP contribution in [0, 0.1) is 0 Å². The Morgan fingerprint density at radius 2 is 2.19 bits per heavy atom. The molecule has 21 heavy (non-hydrogen) atoms. The normalized spacial score (nSPS) is 25.8. The van der Waals surface area contributed by atoms with E-state index in [-0.39, 0.29) is 12.0 Å². The molecule has 0 bridgehead atoms. The van der Waals surface area contributed by atoms with Gasteiger partial charge in [-0.1, -0.05) is 18.2 Å². The van der Waals surface area contributed by atoms with E-state index < -0.39 is 0 Å². The summed E-state index contributed by atoms with van der Waals surface area (Å²) in [6, 6.07) is 10.6. The number of benzene rings is 1. The van der Waals surface area contributed by atoms with Crippen LogP contribution in [-0.4, -0.2) is 41.6 Å². The van der Waals surface area contributed by atoms with Crippen molar-refractivity contribution >= 4 is 16.8 Å². The molecule has 1 N–H and O–H groups in total. The van der Waals surface area contributed by atoms with Crippen LogP contribution in [0.15, 0.2) is 30.3 Å². The van der Waals surface area contributed by atoms with Crippen LogP contribution >= 0.6 is 0 Å². The van der Waals surface area contributed by atoms with Crippen LogP contribution in [-0.2, 0) is 9.53 Å². The number of carbonyl (C=O) groups is 1. The lowest BCUT2D eigenvalue weighted by molar-refractivity contribution is -0.139. The van der Waals surface area contributed by atoms with E-state index in [0.717, 1.165) is 39.0 Å². The SMILES string of the molecule is O=C(C1CCCO1)N1CCC(c2cc3ccccc3[nH]2)C1. The summed E-state index contributed by atoms with van der Waals surface area (Å²) >= 11 is 0. The predicted octanol–water partition coefficient (Wildman–Crippen LogP) is 2.66. The molecule has 4 rings (SSSR count). The van der Waals surface area contributed by atoms with Crippen molar-refractivity contribution < 1.29 is 9.53 Å². The molecule has 0 radical (unpaired) electrons. The Labute approximate surface area is 124 Å². The Morgan fingerprint density at radius 3 is 3.00 bits per heavy atom. The minimum atomic E-state index is -0.188. The van der Waals surface area contributed by atoms with E-state index in [1.54, 1.807) is 0 Å². The average Bonchev–Trinajstić information content (AvgIpc) is 3.24. The Hall–Kier alpha value is -1.81. The van der Waals surface area contributed by atoms with Crippen LogP contribution in [0.4, 0.5) is 0 Å². The Bertz CT molecular complexity index is 625. The van der Waals surface area contributed by atoms with Crippen LogP contribution in [0.5, 0.6) is 0 Å². The van der Waals surface area contributed by atoms with Gasteiger partial charge in [-0.15, -0.1) is 0 Å². The molecule has 1 aromatic heterocycles. The summed E-state index contributed by atoms with van der Waals surface area (Å²) in [4.78, 5) is 17.9. The molecule has 2 aromatic rings. The third-order valence-corrected chi connectivity index (χ3v) is 4.70. The lowest BCUT2D eigenvalue weighted by Gasteiger charge is -2.19. The molecule has 2 aliphatic heterocycles. The van der Waals surface area contributed by atoms with E-state index in [9.17, 15) is 4.79 Å². The van der Waals surface area contributed by atoms with Gasteiger partial charge in [0.25, 0.3) is 5.91 Å². The summed E-state index contributed by atoms with van der Waals surface area (Å²) in [5, 5.41) is 1.25. The molecule has 4 nitrogen and oxygen atoms in total. The number of carbonyl (C=O) groups excluding carboxylic acids is 1. The molecule has 3 heterocycles. The first kappa shape index (κ1) is 12.9. The van der Waals surface area contributed by atoms with Crippen LogP contribution in [0.25, 0.3) is 10.9 Å². The zero-order chi connectivity index (χ0) is 14.2. The molecule has 2 aliphatic rings. The highest BCUT2D eigenvalue weighted by molar-refractivity contribution is 5.82. The maximum atomic E-state index is 12.4. The van der Waals surface area contributed by atoms with Gasteiger partial charge in [0, 0.05) is 36.8 Å². The molecule has 110 valence electrons. The first-order chi connectivity index (χ1) is 10.3. The number of hydrogen-bond acceptors (Lipinski definition) is 2. The van der Waals surface area contributed by atoms with Crippen LogP contribution in [0.1, 0.15) is 30.9 Å². The van der Waals surface area contributed by atoms with Gasteiger partial charge < -0.3 is 14.6 Å². The molecule has 2 unspecified atom stereocenters. The highest BCUT2D eigenvalue weighted by Gasteiger charge is 2.33. The molecular formula is C17H20N2O2. The highest BCUT2D eigenvalue weighted by atomic mass is 16.5. The molecule has 2 saturated heterocycles. The third-order valence-electron chi connectivity index (χ3n) is 4.70. The standard InChI is InChI=1S/C17H20N2O2/c20-17(16-6-3-9-21-16)19-8-7-13(11-19)15-10-12-4-1-2-5-14(12)18-15/h1-2,4-5,10,13,16,18H,3,6-9,11H2. The van der Waals surface area contributed by atoms with E-state index in [0.29, 0.717) is 5.92 Å². The van der Waals surface area contributed by atoms with Gasteiger partial charge in [0.1, 0.15) is 6.10 Å². The number of nitrogens with zero attached hydrogens (tertiary/aromatic N) is 1. The maximum absolute atomic E-state index is 12.4. The van der Waals surface area contributed by atoms with Crippen molar-refractivity contribution in [1.82, 2.24) is 9.88 Å². The summed E-state index contributed by atoms with van der Waals surface area (Å²) in [5.74, 6) is 0.605. The second-order valence-corrected chi connectivity index (χ2v) is 6.08. The largest absolute Gasteiger partial charge is 0.368 e. The number of likely N-dealkylation sites (tertiary alicyclic amines) is 1. The molecule has 2 atom stereocenters. The summed E-state index contributed by atoms with van der Waals surface area (Å²) in [5.41, 5.74) is 2.43. The van der Waals surface area contributed by atoms with Crippen molar-refractivity contribution in [3.63, 3.8) is 0 Å². The Morgan fingerprint density at radius 1 is 1.29 bits per heavy atom. The van der Waals surface area contributed by atoms with Crippen molar-refractivity contribution in [3.8, 4) is 0 Å². The average molecular weight is 284 g/mol. The first-order valence-corrected chi connectivity index (χ1v) is 7.79. The van der Waals surface area contributed by atoms with Crippen LogP contribution < -0.4 is 0 Å². The lowest BCUT2D eigenvalue weighted by Crippen LogP contribution is -2.37. The van der Waals surface area contributed by atoms with Crippen LogP contribution in [0.3, 0.4) is 0 Å². The molecule has 0 saturated carbocycles. The zero-order valence-electron chi connectivity index (χ0n) is 12.0. The van der Waals surface area contributed by atoms with Gasteiger partial charge in [-0.05, 0) is 36.8 Å². The molecule has 1 aromatic carbocycles. The van der Waals surface area contributed by atoms with Gasteiger partial charge in [-0.2, -0.15) is 0 Å². The minimum absolute atomic E-state index is 0.186. The van der Waals surface area contributed by atoms with Crippen molar-refractivity contribution in [3.05, 3.63) is 36.0 Å². The number of hydrogen-bond donors (Lipinski definition) is 1. The molecule has 0 spiro atoms. The van der Waals surface area contributed by atoms with E-state index in [4.69, 9.17) is 4.74 Å². The number of ether oxygens (including phenoxy) is 1. The smallest absolute Gasteiger partial charge is 0.251 e. The first-order valence-electron chi connectivity index (χ1n) is 7.79. The minimum Gasteiger partial charge on any atom is -0.368 e. The highest BCUT2D eigenvalue weighted by Crippen LogP contribution is 2.30. The number of para-hydroxylation sites is 1. The van der Waals surface area contributed by atoms with Gasteiger partial charge >= 0.3 is 0 Å². The van der Waals surface area contributed by atoms with Gasteiger partial charge in [-0.25, -0.2) is 0 Å². The summed E-state index contributed by atoms with van der Waals surface area (Å²) in [6.45, 7) is 2.39. The van der Waals surface area contributed by atoms with E-state index in [1.807, 2.05) is 11.0 Å². The lowest BCUT2D eigenvalue weighted by atomic mass is 10.1. The number of fused-ring (bicyclic) bond motifs is 1. The van der Waals surface area contributed by atoms with Gasteiger partial charge in [-0.3, -0.25) is 4.79 Å². The second kappa shape index (κ2) is 5.19. The summed E-state index contributed by atoms with van der Waals surface area (Å²) in [7, 11) is 0. The topological polar surface area (TPSA) is 45.3 Å². The summed E-state index contributed by atoms with van der Waals surface area (Å²) in [6.07, 6.45) is 2.74. The van der Waals surface area contributed by atoms with E-state index in [1.165, 1.54) is 16.6 Å². The molecule has 4 heteroatoms. The van der Waals surface area contributed by atoms with E-state index >= 15 is 0 Å². The molecule has 0 aliphatic carbocycles. The Balaban J connectivity index is 1.49.